The fourth-order valence-corrected chi connectivity index (χ4v) is 4.01. The summed E-state index contributed by atoms with van der Waals surface area (Å²) in [5.74, 6) is 0.818. The lowest BCUT2D eigenvalue weighted by Crippen LogP contribution is -2.41. The summed E-state index contributed by atoms with van der Waals surface area (Å²) in [5.41, 5.74) is 1.46. The number of piperidine rings is 1. The van der Waals surface area contributed by atoms with Gasteiger partial charge < -0.3 is 5.32 Å². The van der Waals surface area contributed by atoms with E-state index < -0.39 is 0 Å². The van der Waals surface area contributed by atoms with E-state index >= 15 is 0 Å². The first kappa shape index (κ1) is 15.0. The average Bonchev–Trinajstić information content (AvgIpc) is 2.82. The number of aryl methyl sites for hydroxylation is 1. The van der Waals surface area contributed by atoms with Gasteiger partial charge in [0.1, 0.15) is 0 Å². The third kappa shape index (κ3) is 4.04. The van der Waals surface area contributed by atoms with Gasteiger partial charge in [-0.15, -0.1) is 11.3 Å². The molecule has 1 aromatic heterocycles. The molecule has 0 saturated carbocycles. The Morgan fingerprint density at radius 2 is 2.21 bits per heavy atom. The largest absolute Gasteiger partial charge is 0.314 e. The van der Waals surface area contributed by atoms with Crippen molar-refractivity contribution in [2.45, 2.75) is 52.6 Å². The molecule has 2 unspecified atom stereocenters. The molecule has 0 radical (unpaired) electrons. The predicted octanol–water partition coefficient (Wildman–Crippen LogP) is 3.83. The van der Waals surface area contributed by atoms with Crippen LogP contribution in [0.2, 0.25) is 0 Å². The van der Waals surface area contributed by atoms with Crippen LogP contribution < -0.4 is 5.32 Å². The summed E-state index contributed by atoms with van der Waals surface area (Å²) in [7, 11) is 0. The van der Waals surface area contributed by atoms with Gasteiger partial charge in [0.2, 0.25) is 0 Å². The molecular weight excluding hydrogens is 252 g/mol. The van der Waals surface area contributed by atoms with Crippen molar-refractivity contribution < 1.29 is 0 Å². The van der Waals surface area contributed by atoms with E-state index in [1.807, 2.05) is 11.3 Å². The Labute approximate surface area is 122 Å². The zero-order valence-corrected chi connectivity index (χ0v) is 13.6. The van der Waals surface area contributed by atoms with Crippen LogP contribution in [-0.4, -0.2) is 30.6 Å². The first-order valence-corrected chi connectivity index (χ1v) is 8.47. The molecule has 108 valence electrons. The van der Waals surface area contributed by atoms with E-state index in [9.17, 15) is 0 Å². The van der Waals surface area contributed by atoms with E-state index in [0.29, 0.717) is 12.1 Å². The molecule has 1 aliphatic heterocycles. The molecule has 3 heteroatoms. The van der Waals surface area contributed by atoms with Crippen molar-refractivity contribution in [1.29, 1.82) is 0 Å². The minimum absolute atomic E-state index is 0.585. The molecule has 2 rings (SSSR count). The smallest absolute Gasteiger partial charge is 0.0416 e. The summed E-state index contributed by atoms with van der Waals surface area (Å²) >= 11 is 1.91. The minimum atomic E-state index is 0.585. The van der Waals surface area contributed by atoms with Gasteiger partial charge in [-0.2, -0.15) is 0 Å². The quantitative estimate of drug-likeness (QED) is 0.882. The summed E-state index contributed by atoms with van der Waals surface area (Å²) in [6, 6.07) is 3.44. The van der Waals surface area contributed by atoms with Crippen LogP contribution in [0.3, 0.4) is 0 Å². The number of nitrogens with one attached hydrogen (secondary N) is 1. The molecule has 0 amide bonds. The average molecular weight is 280 g/mol. The molecule has 0 bridgehead atoms. The van der Waals surface area contributed by atoms with Crippen LogP contribution >= 0.6 is 11.3 Å². The van der Waals surface area contributed by atoms with E-state index in [2.05, 4.69) is 49.4 Å². The van der Waals surface area contributed by atoms with Crippen LogP contribution in [0, 0.1) is 12.8 Å². The molecule has 1 N–H and O–H groups in total. The zero-order chi connectivity index (χ0) is 13.8. The van der Waals surface area contributed by atoms with Crippen molar-refractivity contribution in [1.82, 2.24) is 10.2 Å². The lowest BCUT2D eigenvalue weighted by molar-refractivity contribution is 0.131. The maximum Gasteiger partial charge on any atom is 0.0416 e. The van der Waals surface area contributed by atoms with Gasteiger partial charge in [-0.25, -0.2) is 0 Å². The van der Waals surface area contributed by atoms with E-state index in [4.69, 9.17) is 0 Å². The van der Waals surface area contributed by atoms with Gasteiger partial charge in [-0.1, -0.05) is 13.8 Å². The van der Waals surface area contributed by atoms with Gasteiger partial charge in [0, 0.05) is 23.5 Å². The van der Waals surface area contributed by atoms with Crippen LogP contribution in [0.4, 0.5) is 0 Å². The maximum atomic E-state index is 3.60. The molecule has 2 atom stereocenters. The van der Waals surface area contributed by atoms with Crippen LogP contribution in [0.15, 0.2) is 11.4 Å². The van der Waals surface area contributed by atoms with E-state index in [1.54, 1.807) is 4.88 Å². The summed E-state index contributed by atoms with van der Waals surface area (Å²) in [4.78, 5) is 4.23. The summed E-state index contributed by atoms with van der Waals surface area (Å²) < 4.78 is 0. The Morgan fingerprint density at radius 3 is 2.84 bits per heavy atom. The topological polar surface area (TPSA) is 15.3 Å². The van der Waals surface area contributed by atoms with Crippen molar-refractivity contribution in [2.75, 3.05) is 19.6 Å². The molecule has 0 aromatic carbocycles. The van der Waals surface area contributed by atoms with Gasteiger partial charge in [-0.3, -0.25) is 4.90 Å². The number of likely N-dealkylation sites (tertiary alicyclic amines) is 1. The molecule has 1 aromatic rings. The molecule has 2 nitrogen and oxygen atoms in total. The second kappa shape index (κ2) is 6.87. The molecule has 2 heterocycles. The highest BCUT2D eigenvalue weighted by atomic mass is 32.1. The van der Waals surface area contributed by atoms with Gasteiger partial charge >= 0.3 is 0 Å². The maximum absolute atomic E-state index is 3.60. The Balaban J connectivity index is 1.91. The predicted molar refractivity (Wildman–Crippen MR) is 84.9 cm³/mol. The third-order valence-corrected chi connectivity index (χ3v) is 5.38. The van der Waals surface area contributed by atoms with Gasteiger partial charge in [0.15, 0.2) is 0 Å². The van der Waals surface area contributed by atoms with Crippen molar-refractivity contribution >= 4 is 11.3 Å². The summed E-state index contributed by atoms with van der Waals surface area (Å²) in [5, 5.41) is 5.82. The zero-order valence-electron chi connectivity index (χ0n) is 12.8. The number of nitrogens with zero attached hydrogens (tertiary/aromatic N) is 1. The lowest BCUT2D eigenvalue weighted by Gasteiger charge is -2.37. The van der Waals surface area contributed by atoms with E-state index in [0.717, 1.165) is 5.92 Å². The minimum Gasteiger partial charge on any atom is -0.314 e. The first-order valence-electron chi connectivity index (χ1n) is 7.59. The monoisotopic (exact) mass is 280 g/mol. The highest BCUT2D eigenvalue weighted by molar-refractivity contribution is 7.10. The van der Waals surface area contributed by atoms with Gasteiger partial charge in [-0.05, 0) is 62.7 Å². The second-order valence-corrected chi connectivity index (χ2v) is 7.16. The van der Waals surface area contributed by atoms with Crippen molar-refractivity contribution in [3.8, 4) is 0 Å². The SMILES string of the molecule is Cc1ccsc1C(C)N1CCCC(CNC(C)C)C1. The molecule has 0 spiro atoms. The fraction of sp³-hybridized carbons (Fsp3) is 0.750. The Kier molecular flexibility index (Phi) is 5.43. The number of hydrogen-bond acceptors (Lipinski definition) is 3. The second-order valence-electron chi connectivity index (χ2n) is 6.21. The Morgan fingerprint density at radius 1 is 1.42 bits per heavy atom. The number of thiophene rings is 1. The fourth-order valence-electron chi connectivity index (χ4n) is 3.00. The van der Waals surface area contributed by atoms with Crippen molar-refractivity contribution in [3.05, 3.63) is 21.9 Å². The lowest BCUT2D eigenvalue weighted by atomic mass is 9.96. The molecule has 1 aliphatic rings. The summed E-state index contributed by atoms with van der Waals surface area (Å²) in [6.07, 6.45) is 2.73. The Bertz CT molecular complexity index is 386. The molecular formula is C16H28N2S. The highest BCUT2D eigenvalue weighted by Gasteiger charge is 2.25. The van der Waals surface area contributed by atoms with E-state index in [-0.39, 0.29) is 0 Å². The molecule has 1 fully saturated rings. The third-order valence-electron chi connectivity index (χ3n) is 4.19. The van der Waals surface area contributed by atoms with Crippen molar-refractivity contribution in [2.24, 2.45) is 5.92 Å². The van der Waals surface area contributed by atoms with Crippen LogP contribution in [0.1, 0.15) is 50.1 Å². The standard InChI is InChI=1S/C16H28N2S/c1-12(2)17-10-15-6-5-8-18(11-15)14(4)16-13(3)7-9-19-16/h7,9,12,14-15,17H,5-6,8,10-11H2,1-4H3. The van der Waals surface area contributed by atoms with Gasteiger partial charge in [0.25, 0.3) is 0 Å². The van der Waals surface area contributed by atoms with Crippen LogP contribution in [-0.2, 0) is 0 Å². The normalized spacial score (nSPS) is 22.9. The summed E-state index contributed by atoms with van der Waals surface area (Å²) in [6.45, 7) is 12.8. The number of hydrogen-bond donors (Lipinski definition) is 1. The molecule has 19 heavy (non-hydrogen) atoms. The first-order chi connectivity index (χ1) is 9.08. The van der Waals surface area contributed by atoms with Gasteiger partial charge in [0.05, 0.1) is 0 Å². The highest BCUT2D eigenvalue weighted by Crippen LogP contribution is 2.31. The Hall–Kier alpha value is -0.380. The molecule has 0 aliphatic carbocycles. The van der Waals surface area contributed by atoms with Crippen LogP contribution in [0.5, 0.6) is 0 Å². The van der Waals surface area contributed by atoms with Crippen molar-refractivity contribution in [3.63, 3.8) is 0 Å². The molecule has 1 saturated heterocycles. The van der Waals surface area contributed by atoms with E-state index in [1.165, 1.54) is 38.0 Å². The van der Waals surface area contributed by atoms with Crippen LogP contribution in [0.25, 0.3) is 0 Å². The number of rotatable bonds is 5.